The fourth-order valence-corrected chi connectivity index (χ4v) is 5.13. The number of aryl methyl sites for hydroxylation is 1. The highest BCUT2D eigenvalue weighted by Crippen LogP contribution is 2.35. The van der Waals surface area contributed by atoms with Crippen molar-refractivity contribution in [1.82, 2.24) is 14.9 Å². The Hall–Kier alpha value is -0.970. The minimum atomic E-state index is -0.0888. The van der Waals surface area contributed by atoms with E-state index < -0.39 is 0 Å². The summed E-state index contributed by atoms with van der Waals surface area (Å²) in [4.78, 5) is 17.3. The normalized spacial score (nSPS) is 21.1. The molecule has 2 aliphatic rings. The lowest BCUT2D eigenvalue weighted by atomic mass is 9.95. The van der Waals surface area contributed by atoms with E-state index in [0.717, 1.165) is 23.7 Å². The molecular formula is C19H31N3OS. The Labute approximate surface area is 150 Å². The zero-order valence-corrected chi connectivity index (χ0v) is 16.1. The molecule has 1 aromatic rings. The van der Waals surface area contributed by atoms with Crippen molar-refractivity contribution in [3.8, 4) is 0 Å². The number of nitrogens with one attached hydrogen (secondary N) is 1. The van der Waals surface area contributed by atoms with Crippen LogP contribution in [0.1, 0.15) is 82.1 Å². The van der Waals surface area contributed by atoms with Gasteiger partial charge >= 0.3 is 0 Å². The second-order valence-electron chi connectivity index (χ2n) is 7.48. The van der Waals surface area contributed by atoms with Crippen LogP contribution in [0.3, 0.4) is 0 Å². The maximum absolute atomic E-state index is 12.5. The summed E-state index contributed by atoms with van der Waals surface area (Å²) in [6.45, 7) is 6.27. The molecule has 1 amide bonds. The summed E-state index contributed by atoms with van der Waals surface area (Å²) in [5, 5.41) is 4.17. The van der Waals surface area contributed by atoms with Crippen molar-refractivity contribution in [3.05, 3.63) is 11.4 Å². The number of thioether (sulfide) groups is 1. The van der Waals surface area contributed by atoms with Crippen LogP contribution in [0.2, 0.25) is 0 Å². The highest BCUT2D eigenvalue weighted by molar-refractivity contribution is 8.00. The Morgan fingerprint density at radius 2 is 1.75 bits per heavy atom. The molecule has 0 spiro atoms. The highest BCUT2D eigenvalue weighted by atomic mass is 32.2. The zero-order valence-electron chi connectivity index (χ0n) is 15.3. The van der Waals surface area contributed by atoms with E-state index in [1.54, 1.807) is 11.8 Å². The number of imidazole rings is 1. The number of hydrogen-bond donors (Lipinski definition) is 1. The zero-order chi connectivity index (χ0) is 17.1. The van der Waals surface area contributed by atoms with Crippen molar-refractivity contribution >= 4 is 17.7 Å². The second-order valence-corrected chi connectivity index (χ2v) is 8.79. The first-order valence-electron chi connectivity index (χ1n) is 9.58. The van der Waals surface area contributed by atoms with Gasteiger partial charge in [-0.15, -0.1) is 0 Å². The number of carbonyl (C=O) groups excluding carboxylic acids is 1. The van der Waals surface area contributed by atoms with Crippen molar-refractivity contribution in [2.75, 3.05) is 0 Å². The van der Waals surface area contributed by atoms with Crippen LogP contribution in [0.25, 0.3) is 0 Å². The van der Waals surface area contributed by atoms with E-state index in [2.05, 4.69) is 23.7 Å². The van der Waals surface area contributed by atoms with Gasteiger partial charge in [0.05, 0.1) is 10.9 Å². The van der Waals surface area contributed by atoms with Gasteiger partial charge in [-0.2, -0.15) is 0 Å². The monoisotopic (exact) mass is 349 g/mol. The Morgan fingerprint density at radius 1 is 1.12 bits per heavy atom. The first kappa shape index (κ1) is 17.8. The standard InChI is InChI=1S/C19H31N3OS/c1-13-14(2)22(17-11-5-4-6-12-17)19(20-13)24-15(3)18(23)21-16-9-7-8-10-16/h15-17H,4-12H2,1-3H3,(H,21,23). The third kappa shape index (κ3) is 3.98. The molecule has 0 aromatic carbocycles. The lowest BCUT2D eigenvalue weighted by Crippen LogP contribution is -2.37. The number of rotatable bonds is 5. The van der Waals surface area contributed by atoms with Crippen LogP contribution in [0.15, 0.2) is 5.16 Å². The lowest BCUT2D eigenvalue weighted by molar-refractivity contribution is -0.120. The quantitative estimate of drug-likeness (QED) is 0.794. The van der Waals surface area contributed by atoms with Gasteiger partial charge in [-0.05, 0) is 46.5 Å². The third-order valence-corrected chi connectivity index (χ3v) is 6.71. The molecule has 4 nitrogen and oxygen atoms in total. The molecular weight excluding hydrogens is 318 g/mol. The molecule has 1 N–H and O–H groups in total. The van der Waals surface area contributed by atoms with Crippen LogP contribution in [0.4, 0.5) is 0 Å². The topological polar surface area (TPSA) is 46.9 Å². The minimum absolute atomic E-state index is 0.0888. The number of amides is 1. The van der Waals surface area contributed by atoms with Gasteiger partial charge in [0.1, 0.15) is 0 Å². The molecule has 2 fully saturated rings. The van der Waals surface area contributed by atoms with Gasteiger partial charge in [0, 0.05) is 17.8 Å². The number of carbonyl (C=O) groups is 1. The van der Waals surface area contributed by atoms with Gasteiger partial charge in [-0.1, -0.05) is 43.9 Å². The molecule has 134 valence electrons. The predicted molar refractivity (Wildman–Crippen MR) is 99.5 cm³/mol. The van der Waals surface area contributed by atoms with E-state index in [-0.39, 0.29) is 11.2 Å². The van der Waals surface area contributed by atoms with Crippen molar-refractivity contribution in [1.29, 1.82) is 0 Å². The number of nitrogens with zero attached hydrogens (tertiary/aromatic N) is 2. The molecule has 0 radical (unpaired) electrons. The maximum Gasteiger partial charge on any atom is 0.233 e. The average molecular weight is 350 g/mol. The summed E-state index contributed by atoms with van der Waals surface area (Å²) in [7, 11) is 0. The Kier molecular flexibility index (Phi) is 5.90. The Morgan fingerprint density at radius 3 is 2.42 bits per heavy atom. The lowest BCUT2D eigenvalue weighted by Gasteiger charge is -2.26. The van der Waals surface area contributed by atoms with Crippen LogP contribution < -0.4 is 5.32 Å². The molecule has 2 saturated carbocycles. The number of hydrogen-bond acceptors (Lipinski definition) is 3. The summed E-state index contributed by atoms with van der Waals surface area (Å²) in [6, 6.07) is 0.953. The van der Waals surface area contributed by atoms with Gasteiger partial charge in [-0.3, -0.25) is 4.79 Å². The number of aromatic nitrogens is 2. The van der Waals surface area contributed by atoms with Crippen molar-refractivity contribution < 1.29 is 4.79 Å². The van der Waals surface area contributed by atoms with E-state index in [1.807, 2.05) is 6.92 Å². The molecule has 24 heavy (non-hydrogen) atoms. The Bertz CT molecular complexity index is 571. The molecule has 5 heteroatoms. The molecule has 3 rings (SSSR count). The molecule has 0 bridgehead atoms. The molecule has 1 heterocycles. The summed E-state index contributed by atoms with van der Waals surface area (Å²) >= 11 is 1.63. The van der Waals surface area contributed by atoms with E-state index in [4.69, 9.17) is 4.98 Å². The van der Waals surface area contributed by atoms with Gasteiger partial charge in [0.25, 0.3) is 0 Å². The first-order valence-corrected chi connectivity index (χ1v) is 10.5. The second kappa shape index (κ2) is 7.94. The van der Waals surface area contributed by atoms with Crippen LogP contribution >= 0.6 is 11.8 Å². The fourth-order valence-electron chi connectivity index (χ4n) is 4.05. The van der Waals surface area contributed by atoms with E-state index >= 15 is 0 Å². The third-order valence-electron chi connectivity index (χ3n) is 5.65. The van der Waals surface area contributed by atoms with Gasteiger partial charge in [0.15, 0.2) is 5.16 Å². The molecule has 1 unspecified atom stereocenters. The van der Waals surface area contributed by atoms with Crippen LogP contribution in [-0.4, -0.2) is 26.8 Å². The van der Waals surface area contributed by atoms with E-state index in [0.29, 0.717) is 12.1 Å². The molecule has 1 atom stereocenters. The minimum Gasteiger partial charge on any atom is -0.352 e. The van der Waals surface area contributed by atoms with E-state index in [9.17, 15) is 4.79 Å². The smallest absolute Gasteiger partial charge is 0.233 e. The molecule has 0 saturated heterocycles. The summed E-state index contributed by atoms with van der Waals surface area (Å²) in [5.74, 6) is 0.167. The maximum atomic E-state index is 12.5. The average Bonchev–Trinajstić information content (AvgIpc) is 3.17. The molecule has 0 aliphatic heterocycles. The summed E-state index contributed by atoms with van der Waals surface area (Å²) in [6.07, 6.45) is 11.2. The van der Waals surface area contributed by atoms with Gasteiger partial charge in [-0.25, -0.2) is 4.98 Å². The highest BCUT2D eigenvalue weighted by Gasteiger charge is 2.26. The largest absolute Gasteiger partial charge is 0.352 e. The van der Waals surface area contributed by atoms with E-state index in [1.165, 1.54) is 50.6 Å². The van der Waals surface area contributed by atoms with Crippen LogP contribution in [-0.2, 0) is 4.79 Å². The van der Waals surface area contributed by atoms with Crippen molar-refractivity contribution in [3.63, 3.8) is 0 Å². The fraction of sp³-hybridized carbons (Fsp3) is 0.789. The summed E-state index contributed by atoms with van der Waals surface area (Å²) < 4.78 is 2.42. The Balaban J connectivity index is 1.69. The van der Waals surface area contributed by atoms with Gasteiger partial charge < -0.3 is 9.88 Å². The van der Waals surface area contributed by atoms with Crippen LogP contribution in [0, 0.1) is 13.8 Å². The SMILES string of the molecule is Cc1nc(SC(C)C(=O)NC2CCCC2)n(C2CCCCC2)c1C. The predicted octanol–water partition coefficient (Wildman–Crippen LogP) is 4.54. The van der Waals surface area contributed by atoms with Crippen molar-refractivity contribution in [2.45, 2.75) is 101 Å². The van der Waals surface area contributed by atoms with Crippen LogP contribution in [0.5, 0.6) is 0 Å². The van der Waals surface area contributed by atoms with Crippen molar-refractivity contribution in [2.24, 2.45) is 0 Å². The summed E-state index contributed by atoms with van der Waals surface area (Å²) in [5.41, 5.74) is 2.37. The molecule has 1 aromatic heterocycles. The van der Waals surface area contributed by atoms with Gasteiger partial charge in [0.2, 0.25) is 5.91 Å². The molecule has 2 aliphatic carbocycles. The first-order chi connectivity index (χ1) is 11.6.